The Balaban J connectivity index is 1.82. The van der Waals surface area contributed by atoms with Crippen molar-refractivity contribution in [3.8, 4) is 11.6 Å². The van der Waals surface area contributed by atoms with Crippen LogP contribution in [0, 0.1) is 5.92 Å². The van der Waals surface area contributed by atoms with Crippen LogP contribution in [0.25, 0.3) is 0 Å². The predicted molar refractivity (Wildman–Crippen MR) is 103 cm³/mol. The van der Waals surface area contributed by atoms with Gasteiger partial charge in [0.05, 0.1) is 11.9 Å². The molecular formula is C20H24N4O3. The maximum Gasteiger partial charge on any atom is 0.303 e. The number of carboxylic acids is 1. The lowest BCUT2D eigenvalue weighted by Crippen LogP contribution is -2.48. The van der Waals surface area contributed by atoms with Gasteiger partial charge in [-0.05, 0) is 24.5 Å². The zero-order valence-corrected chi connectivity index (χ0v) is 15.5. The van der Waals surface area contributed by atoms with Crippen molar-refractivity contribution in [2.24, 2.45) is 16.6 Å². The highest BCUT2D eigenvalue weighted by Crippen LogP contribution is 2.31. The van der Waals surface area contributed by atoms with E-state index in [0.717, 1.165) is 5.56 Å². The monoisotopic (exact) mass is 368 g/mol. The summed E-state index contributed by atoms with van der Waals surface area (Å²) in [5, 5.41) is 9.04. The summed E-state index contributed by atoms with van der Waals surface area (Å²) in [6, 6.07) is 11.3. The minimum absolute atomic E-state index is 0.00958. The van der Waals surface area contributed by atoms with Gasteiger partial charge in [0.15, 0.2) is 5.96 Å². The fourth-order valence-corrected chi connectivity index (χ4v) is 3.22. The molecule has 1 aromatic carbocycles. The molecule has 2 heterocycles. The van der Waals surface area contributed by atoms with Gasteiger partial charge in [-0.3, -0.25) is 4.79 Å². The topological polar surface area (TPSA) is 101 Å². The number of pyridine rings is 1. The van der Waals surface area contributed by atoms with E-state index in [-0.39, 0.29) is 18.4 Å². The SMILES string of the molecule is CC(C)C(CCC(=O)O)N1Cc2cc(Oc3ccccc3)ncc2N=C1N. The number of hydrogen-bond acceptors (Lipinski definition) is 6. The normalized spacial score (nSPS) is 14.5. The van der Waals surface area contributed by atoms with Crippen LogP contribution < -0.4 is 10.5 Å². The number of para-hydroxylation sites is 1. The van der Waals surface area contributed by atoms with Crippen LogP contribution in [0.4, 0.5) is 5.69 Å². The number of ether oxygens (including phenoxy) is 1. The number of aliphatic imine (C=N–C) groups is 1. The van der Waals surface area contributed by atoms with E-state index < -0.39 is 5.97 Å². The second-order valence-electron chi connectivity index (χ2n) is 6.91. The number of hydrogen-bond donors (Lipinski definition) is 2. The molecule has 1 aliphatic heterocycles. The second-order valence-corrected chi connectivity index (χ2v) is 6.91. The summed E-state index contributed by atoms with van der Waals surface area (Å²) in [4.78, 5) is 21.7. The zero-order valence-electron chi connectivity index (χ0n) is 15.5. The van der Waals surface area contributed by atoms with Crippen LogP contribution in [-0.4, -0.2) is 33.0 Å². The molecule has 1 aliphatic rings. The molecule has 1 atom stereocenters. The Kier molecular flexibility index (Phi) is 5.59. The Morgan fingerprint density at radius 3 is 2.74 bits per heavy atom. The van der Waals surface area contributed by atoms with E-state index in [2.05, 4.69) is 23.8 Å². The highest BCUT2D eigenvalue weighted by molar-refractivity contribution is 5.83. The predicted octanol–water partition coefficient (Wildman–Crippen LogP) is 3.53. The molecule has 2 aromatic rings. The number of aliphatic carboxylic acids is 1. The molecule has 7 heteroatoms. The number of carbonyl (C=O) groups is 1. The van der Waals surface area contributed by atoms with E-state index in [0.29, 0.717) is 36.2 Å². The molecule has 1 unspecified atom stereocenters. The fraction of sp³-hybridized carbons (Fsp3) is 0.350. The van der Waals surface area contributed by atoms with Crippen LogP contribution in [0.5, 0.6) is 11.6 Å². The number of aromatic nitrogens is 1. The van der Waals surface area contributed by atoms with Gasteiger partial charge in [-0.15, -0.1) is 0 Å². The van der Waals surface area contributed by atoms with Gasteiger partial charge in [0.25, 0.3) is 0 Å². The van der Waals surface area contributed by atoms with Crippen LogP contribution in [0.1, 0.15) is 32.3 Å². The average Bonchev–Trinajstić information content (AvgIpc) is 2.63. The lowest BCUT2D eigenvalue weighted by atomic mass is 9.96. The van der Waals surface area contributed by atoms with Crippen molar-refractivity contribution >= 4 is 17.6 Å². The number of rotatable bonds is 7. The van der Waals surface area contributed by atoms with Crippen LogP contribution >= 0.6 is 0 Å². The molecule has 1 aromatic heterocycles. The molecule has 0 radical (unpaired) electrons. The zero-order chi connectivity index (χ0) is 19.4. The third-order valence-electron chi connectivity index (χ3n) is 4.60. The van der Waals surface area contributed by atoms with Crippen LogP contribution in [0.2, 0.25) is 0 Å². The Labute approximate surface area is 158 Å². The van der Waals surface area contributed by atoms with E-state index >= 15 is 0 Å². The molecule has 0 spiro atoms. The van der Waals surface area contributed by atoms with Crippen molar-refractivity contribution < 1.29 is 14.6 Å². The molecule has 0 fully saturated rings. The Hall–Kier alpha value is -3.09. The minimum Gasteiger partial charge on any atom is -0.481 e. The average molecular weight is 368 g/mol. The van der Waals surface area contributed by atoms with Crippen LogP contribution in [0.15, 0.2) is 47.6 Å². The number of nitrogens with two attached hydrogens (primary N) is 1. The highest BCUT2D eigenvalue weighted by Gasteiger charge is 2.28. The molecular weight excluding hydrogens is 344 g/mol. The molecule has 3 rings (SSSR count). The summed E-state index contributed by atoms with van der Waals surface area (Å²) in [6.45, 7) is 4.67. The van der Waals surface area contributed by atoms with Gasteiger partial charge in [-0.2, -0.15) is 0 Å². The molecule has 0 saturated heterocycles. The Bertz CT molecular complexity index is 836. The summed E-state index contributed by atoms with van der Waals surface area (Å²) < 4.78 is 5.81. The molecule has 7 nitrogen and oxygen atoms in total. The quantitative estimate of drug-likeness (QED) is 0.775. The first-order chi connectivity index (χ1) is 12.9. The van der Waals surface area contributed by atoms with Crippen LogP contribution in [-0.2, 0) is 11.3 Å². The molecule has 0 bridgehead atoms. The second kappa shape index (κ2) is 8.07. The smallest absolute Gasteiger partial charge is 0.303 e. The number of fused-ring (bicyclic) bond motifs is 1. The Morgan fingerprint density at radius 2 is 2.07 bits per heavy atom. The summed E-state index contributed by atoms with van der Waals surface area (Å²) >= 11 is 0. The Morgan fingerprint density at radius 1 is 1.33 bits per heavy atom. The van der Waals surface area contributed by atoms with E-state index in [1.807, 2.05) is 41.3 Å². The van der Waals surface area contributed by atoms with E-state index in [4.69, 9.17) is 15.6 Å². The molecule has 3 N–H and O–H groups in total. The van der Waals surface area contributed by atoms with Crippen molar-refractivity contribution in [3.63, 3.8) is 0 Å². The molecule has 142 valence electrons. The number of benzene rings is 1. The van der Waals surface area contributed by atoms with Gasteiger partial charge >= 0.3 is 5.97 Å². The van der Waals surface area contributed by atoms with Gasteiger partial charge in [-0.1, -0.05) is 32.0 Å². The van der Waals surface area contributed by atoms with Gasteiger partial charge in [0.2, 0.25) is 5.88 Å². The standard InChI is InChI=1S/C20H24N4O3/c1-13(2)17(8-9-19(25)26)24-12-14-10-18(22-11-16(14)23-20(24)21)27-15-6-4-3-5-7-15/h3-7,10-11,13,17H,8-9,12H2,1-2H3,(H2,21,23)(H,25,26). The summed E-state index contributed by atoms with van der Waals surface area (Å²) in [6.07, 6.45) is 2.26. The maximum absolute atomic E-state index is 11.0. The lowest BCUT2D eigenvalue weighted by molar-refractivity contribution is -0.137. The van der Waals surface area contributed by atoms with Gasteiger partial charge in [-0.25, -0.2) is 9.98 Å². The van der Waals surface area contributed by atoms with E-state index in [1.165, 1.54) is 0 Å². The summed E-state index contributed by atoms with van der Waals surface area (Å²) in [5.41, 5.74) is 7.83. The fourth-order valence-electron chi connectivity index (χ4n) is 3.22. The van der Waals surface area contributed by atoms with Crippen molar-refractivity contribution in [1.29, 1.82) is 0 Å². The lowest BCUT2D eigenvalue weighted by Gasteiger charge is -2.37. The molecule has 0 amide bonds. The third kappa shape index (κ3) is 4.55. The largest absolute Gasteiger partial charge is 0.481 e. The number of carboxylic acid groups (broad SMARTS) is 1. The van der Waals surface area contributed by atoms with Gasteiger partial charge in [0.1, 0.15) is 5.75 Å². The maximum atomic E-state index is 11.0. The highest BCUT2D eigenvalue weighted by atomic mass is 16.5. The van der Waals surface area contributed by atoms with Crippen molar-refractivity contribution in [2.45, 2.75) is 39.3 Å². The summed E-state index contributed by atoms with van der Waals surface area (Å²) in [5.74, 6) is 1.02. The number of guanidine groups is 1. The van der Waals surface area contributed by atoms with E-state index in [1.54, 1.807) is 6.20 Å². The molecule has 27 heavy (non-hydrogen) atoms. The van der Waals surface area contributed by atoms with Gasteiger partial charge in [0, 0.05) is 30.6 Å². The molecule has 0 saturated carbocycles. The third-order valence-corrected chi connectivity index (χ3v) is 4.60. The first-order valence-electron chi connectivity index (χ1n) is 8.98. The van der Waals surface area contributed by atoms with Crippen molar-refractivity contribution in [1.82, 2.24) is 9.88 Å². The van der Waals surface area contributed by atoms with Gasteiger partial charge < -0.3 is 20.5 Å². The number of nitrogens with zero attached hydrogens (tertiary/aromatic N) is 3. The minimum atomic E-state index is -0.809. The first-order valence-corrected chi connectivity index (χ1v) is 8.98. The summed E-state index contributed by atoms with van der Waals surface area (Å²) in [7, 11) is 0. The van der Waals surface area contributed by atoms with Crippen molar-refractivity contribution in [3.05, 3.63) is 48.2 Å². The first kappa shape index (κ1) is 18.7. The van der Waals surface area contributed by atoms with E-state index in [9.17, 15) is 4.79 Å². The van der Waals surface area contributed by atoms with Crippen molar-refractivity contribution in [2.75, 3.05) is 0 Å². The van der Waals surface area contributed by atoms with Crippen LogP contribution in [0.3, 0.4) is 0 Å². The molecule has 0 aliphatic carbocycles.